The third kappa shape index (κ3) is 3.35. The van der Waals surface area contributed by atoms with Crippen molar-refractivity contribution in [3.8, 4) is 18.1 Å². The Labute approximate surface area is 89.4 Å². The second-order valence-corrected chi connectivity index (χ2v) is 2.84. The summed E-state index contributed by atoms with van der Waals surface area (Å²) in [6, 6.07) is 6.93. The van der Waals surface area contributed by atoms with Gasteiger partial charge in [0.2, 0.25) is 0 Å². The largest absolute Gasteiger partial charge is 0.494 e. The molecule has 78 valence electrons. The van der Waals surface area contributed by atoms with E-state index in [1.54, 1.807) is 24.3 Å². The third-order valence-corrected chi connectivity index (χ3v) is 1.78. The predicted molar refractivity (Wildman–Crippen MR) is 58.8 cm³/mol. The fourth-order valence-corrected chi connectivity index (χ4v) is 1.10. The van der Waals surface area contributed by atoms with Gasteiger partial charge in [0.05, 0.1) is 13.2 Å². The van der Waals surface area contributed by atoms with Crippen LogP contribution in [-0.2, 0) is 0 Å². The van der Waals surface area contributed by atoms with Gasteiger partial charge in [0.1, 0.15) is 5.75 Å². The monoisotopic (exact) mass is 203 g/mol. The molecular weight excluding hydrogens is 190 g/mol. The Morgan fingerprint density at radius 2 is 2.13 bits per heavy atom. The van der Waals surface area contributed by atoms with Crippen LogP contribution >= 0.6 is 0 Å². The highest BCUT2D eigenvalue weighted by Crippen LogP contribution is 2.11. The summed E-state index contributed by atoms with van der Waals surface area (Å²) in [4.78, 5) is 11.4. The molecule has 0 aromatic heterocycles. The molecule has 0 saturated carbocycles. The Balaban J connectivity index is 2.63. The van der Waals surface area contributed by atoms with Gasteiger partial charge in [-0.15, -0.1) is 6.42 Å². The van der Waals surface area contributed by atoms with E-state index in [4.69, 9.17) is 11.2 Å². The van der Waals surface area contributed by atoms with Gasteiger partial charge in [-0.2, -0.15) is 0 Å². The molecule has 0 bridgehead atoms. The van der Waals surface area contributed by atoms with E-state index in [1.807, 2.05) is 6.92 Å². The van der Waals surface area contributed by atoms with Crippen molar-refractivity contribution < 1.29 is 9.53 Å². The maximum atomic E-state index is 11.4. The van der Waals surface area contributed by atoms with Gasteiger partial charge in [-0.25, -0.2) is 0 Å². The van der Waals surface area contributed by atoms with E-state index in [0.29, 0.717) is 12.2 Å². The highest BCUT2D eigenvalue weighted by atomic mass is 16.5. The molecule has 0 fully saturated rings. The zero-order valence-corrected chi connectivity index (χ0v) is 8.62. The van der Waals surface area contributed by atoms with E-state index in [1.165, 1.54) is 0 Å². The lowest BCUT2D eigenvalue weighted by molar-refractivity contribution is 0.0958. The summed E-state index contributed by atoms with van der Waals surface area (Å²) >= 11 is 0. The van der Waals surface area contributed by atoms with Crippen molar-refractivity contribution in [3.63, 3.8) is 0 Å². The zero-order chi connectivity index (χ0) is 11.1. The van der Waals surface area contributed by atoms with Crippen LogP contribution < -0.4 is 10.1 Å². The highest BCUT2D eigenvalue weighted by molar-refractivity contribution is 5.94. The summed E-state index contributed by atoms with van der Waals surface area (Å²) in [5.41, 5.74) is 0.578. The number of terminal acetylenes is 1. The van der Waals surface area contributed by atoms with Crippen LogP contribution in [0, 0.1) is 12.3 Å². The summed E-state index contributed by atoms with van der Waals surface area (Å²) in [5, 5.41) is 2.58. The molecule has 1 rings (SSSR count). The second kappa shape index (κ2) is 5.71. The van der Waals surface area contributed by atoms with Gasteiger partial charge < -0.3 is 10.1 Å². The van der Waals surface area contributed by atoms with Gasteiger partial charge in [-0.3, -0.25) is 4.79 Å². The van der Waals surface area contributed by atoms with Crippen LogP contribution in [0.3, 0.4) is 0 Å². The standard InChI is InChI=1S/C12H13NO2/c1-3-9-13-12(14)10-5-7-11(8-6-10)15-4-2/h1,5-8H,4,9H2,2H3,(H,13,14). The Morgan fingerprint density at radius 3 is 2.67 bits per heavy atom. The third-order valence-electron chi connectivity index (χ3n) is 1.78. The number of hydrogen-bond donors (Lipinski definition) is 1. The highest BCUT2D eigenvalue weighted by Gasteiger charge is 2.03. The number of carbonyl (C=O) groups excluding carboxylic acids is 1. The van der Waals surface area contributed by atoms with Gasteiger partial charge in [0, 0.05) is 5.56 Å². The lowest BCUT2D eigenvalue weighted by Crippen LogP contribution is -2.23. The summed E-state index contributed by atoms with van der Waals surface area (Å²) in [6.07, 6.45) is 5.03. The summed E-state index contributed by atoms with van der Waals surface area (Å²) in [5.74, 6) is 2.93. The number of ether oxygens (including phenoxy) is 1. The summed E-state index contributed by atoms with van der Waals surface area (Å²) < 4.78 is 5.26. The van der Waals surface area contributed by atoms with Crippen LogP contribution in [0.25, 0.3) is 0 Å². The molecule has 3 nitrogen and oxygen atoms in total. The molecule has 0 radical (unpaired) electrons. The number of carbonyl (C=O) groups is 1. The number of benzene rings is 1. The number of hydrogen-bond acceptors (Lipinski definition) is 2. The molecule has 3 heteroatoms. The van der Waals surface area contributed by atoms with Gasteiger partial charge in [0.25, 0.3) is 5.91 Å². The normalized spacial score (nSPS) is 9.07. The Bertz CT molecular complexity index is 362. The van der Waals surface area contributed by atoms with E-state index < -0.39 is 0 Å². The minimum atomic E-state index is -0.170. The number of amides is 1. The first-order chi connectivity index (χ1) is 7.27. The molecule has 0 spiro atoms. The van der Waals surface area contributed by atoms with Crippen molar-refractivity contribution in [1.82, 2.24) is 5.32 Å². The van der Waals surface area contributed by atoms with E-state index in [2.05, 4.69) is 11.2 Å². The van der Waals surface area contributed by atoms with Crippen LogP contribution in [0.1, 0.15) is 17.3 Å². The fraction of sp³-hybridized carbons (Fsp3) is 0.250. The second-order valence-electron chi connectivity index (χ2n) is 2.84. The topological polar surface area (TPSA) is 38.3 Å². The molecule has 0 aliphatic heterocycles. The molecule has 1 N–H and O–H groups in total. The Hall–Kier alpha value is -1.95. The van der Waals surface area contributed by atoms with Crippen molar-refractivity contribution in [2.24, 2.45) is 0 Å². The molecule has 0 saturated heterocycles. The number of nitrogens with one attached hydrogen (secondary N) is 1. The molecule has 0 atom stereocenters. The lowest BCUT2D eigenvalue weighted by atomic mass is 10.2. The van der Waals surface area contributed by atoms with Crippen LogP contribution in [0.5, 0.6) is 5.75 Å². The molecule has 0 heterocycles. The van der Waals surface area contributed by atoms with E-state index in [0.717, 1.165) is 5.75 Å². The van der Waals surface area contributed by atoms with Crippen molar-refractivity contribution >= 4 is 5.91 Å². The molecule has 0 aliphatic carbocycles. The molecule has 1 amide bonds. The maximum Gasteiger partial charge on any atom is 0.252 e. The minimum absolute atomic E-state index is 0.170. The van der Waals surface area contributed by atoms with Crippen LogP contribution in [0.4, 0.5) is 0 Å². The minimum Gasteiger partial charge on any atom is -0.494 e. The van der Waals surface area contributed by atoms with E-state index in [-0.39, 0.29) is 12.5 Å². The first-order valence-electron chi connectivity index (χ1n) is 4.72. The molecule has 15 heavy (non-hydrogen) atoms. The Morgan fingerprint density at radius 1 is 1.47 bits per heavy atom. The quantitative estimate of drug-likeness (QED) is 0.752. The van der Waals surface area contributed by atoms with Crippen molar-refractivity contribution in [2.75, 3.05) is 13.2 Å². The zero-order valence-electron chi connectivity index (χ0n) is 8.62. The fourth-order valence-electron chi connectivity index (χ4n) is 1.10. The van der Waals surface area contributed by atoms with Crippen molar-refractivity contribution in [3.05, 3.63) is 29.8 Å². The lowest BCUT2D eigenvalue weighted by Gasteiger charge is -2.04. The molecule has 0 aliphatic rings. The predicted octanol–water partition coefficient (Wildman–Crippen LogP) is 1.45. The van der Waals surface area contributed by atoms with Crippen LogP contribution in [0.15, 0.2) is 24.3 Å². The first kappa shape index (κ1) is 11.1. The average Bonchev–Trinajstić information content (AvgIpc) is 2.27. The molecular formula is C12H13NO2. The van der Waals surface area contributed by atoms with Gasteiger partial charge in [-0.1, -0.05) is 5.92 Å². The maximum absolute atomic E-state index is 11.4. The smallest absolute Gasteiger partial charge is 0.252 e. The van der Waals surface area contributed by atoms with Crippen molar-refractivity contribution in [2.45, 2.75) is 6.92 Å². The molecule has 0 unspecified atom stereocenters. The van der Waals surface area contributed by atoms with E-state index >= 15 is 0 Å². The first-order valence-corrected chi connectivity index (χ1v) is 4.72. The molecule has 1 aromatic carbocycles. The summed E-state index contributed by atoms with van der Waals surface area (Å²) in [7, 11) is 0. The van der Waals surface area contributed by atoms with Crippen LogP contribution in [0.2, 0.25) is 0 Å². The SMILES string of the molecule is C#CCNC(=O)c1ccc(OCC)cc1. The van der Waals surface area contributed by atoms with Gasteiger partial charge in [0.15, 0.2) is 0 Å². The average molecular weight is 203 g/mol. The number of rotatable bonds is 4. The molecule has 1 aromatic rings. The van der Waals surface area contributed by atoms with Gasteiger partial charge >= 0.3 is 0 Å². The summed E-state index contributed by atoms with van der Waals surface area (Å²) in [6.45, 7) is 2.77. The van der Waals surface area contributed by atoms with Crippen LogP contribution in [-0.4, -0.2) is 19.1 Å². The Kier molecular flexibility index (Phi) is 4.24. The van der Waals surface area contributed by atoms with Crippen molar-refractivity contribution in [1.29, 1.82) is 0 Å². The van der Waals surface area contributed by atoms with Gasteiger partial charge in [-0.05, 0) is 31.2 Å². The van der Waals surface area contributed by atoms with E-state index in [9.17, 15) is 4.79 Å².